The number of nitrogen functional groups attached to an aromatic ring is 2. The van der Waals surface area contributed by atoms with Gasteiger partial charge in [0, 0.05) is 5.92 Å². The highest BCUT2D eigenvalue weighted by atomic mass is 31.2. The predicted octanol–water partition coefficient (Wildman–Crippen LogP) is -0.701. The summed E-state index contributed by atoms with van der Waals surface area (Å²) < 4.78 is 71.1. The van der Waals surface area contributed by atoms with E-state index in [2.05, 4.69) is 29.9 Å². The van der Waals surface area contributed by atoms with Crippen molar-refractivity contribution in [3.05, 3.63) is 29.3 Å². The monoisotopic (exact) mass is 674 g/mol. The van der Waals surface area contributed by atoms with E-state index in [1.165, 1.54) is 17.2 Å². The molecular formula is C21H25FN10O11P2. The number of hydrogen-bond acceptors (Lipinski definition) is 16. The molecule has 10 atom stereocenters. The summed E-state index contributed by atoms with van der Waals surface area (Å²) in [6, 6.07) is -0.870. The van der Waals surface area contributed by atoms with Crippen LogP contribution in [0.25, 0.3) is 22.3 Å². The van der Waals surface area contributed by atoms with Crippen LogP contribution in [-0.4, -0.2) is 97.7 Å². The van der Waals surface area contributed by atoms with E-state index >= 15 is 4.39 Å². The molecule has 0 spiro atoms. The lowest BCUT2D eigenvalue weighted by Crippen LogP contribution is -2.36. The van der Waals surface area contributed by atoms with E-state index in [0.717, 1.165) is 10.9 Å². The van der Waals surface area contributed by atoms with Crippen molar-refractivity contribution in [2.45, 2.75) is 49.3 Å². The van der Waals surface area contributed by atoms with Gasteiger partial charge in [0.15, 0.2) is 35.0 Å². The van der Waals surface area contributed by atoms with Crippen LogP contribution in [0.5, 0.6) is 0 Å². The summed E-state index contributed by atoms with van der Waals surface area (Å²) in [5.74, 6) is -1.19. The first-order valence-electron chi connectivity index (χ1n) is 13.3. The fraction of sp³-hybridized carbons (Fsp3) is 0.524. The first-order valence-corrected chi connectivity index (χ1v) is 16.3. The molecule has 45 heavy (non-hydrogen) atoms. The molecule has 4 aromatic heterocycles. The van der Waals surface area contributed by atoms with Gasteiger partial charge in [0.25, 0.3) is 5.56 Å². The van der Waals surface area contributed by atoms with Gasteiger partial charge in [-0.05, 0) is 6.42 Å². The van der Waals surface area contributed by atoms with Crippen LogP contribution in [0.4, 0.5) is 16.2 Å². The summed E-state index contributed by atoms with van der Waals surface area (Å²) in [7, 11) is -10.1. The summed E-state index contributed by atoms with van der Waals surface area (Å²) in [4.78, 5) is 55.7. The van der Waals surface area contributed by atoms with Gasteiger partial charge in [-0.2, -0.15) is 4.98 Å². The summed E-state index contributed by atoms with van der Waals surface area (Å²) in [6.07, 6.45) is -6.78. The Hall–Kier alpha value is -3.43. The number of hydrogen-bond donors (Lipinski definition) is 6. The van der Waals surface area contributed by atoms with Crippen LogP contribution in [0.1, 0.15) is 18.7 Å². The Kier molecular flexibility index (Phi) is 7.28. The number of aliphatic hydroxyl groups excluding tert-OH is 1. The minimum absolute atomic E-state index is 0.0207. The zero-order valence-electron chi connectivity index (χ0n) is 22.6. The van der Waals surface area contributed by atoms with Crippen molar-refractivity contribution in [3.63, 3.8) is 0 Å². The molecule has 21 nitrogen and oxygen atoms in total. The Morgan fingerprint density at radius 1 is 0.956 bits per heavy atom. The van der Waals surface area contributed by atoms with Gasteiger partial charge in [0.05, 0.1) is 31.9 Å². The number of aliphatic hydroxyl groups is 1. The number of rotatable bonds is 2. The molecule has 4 unspecified atom stereocenters. The molecule has 242 valence electrons. The van der Waals surface area contributed by atoms with Crippen LogP contribution in [0.3, 0.4) is 0 Å². The van der Waals surface area contributed by atoms with Crippen molar-refractivity contribution in [2.24, 2.45) is 5.92 Å². The van der Waals surface area contributed by atoms with Gasteiger partial charge >= 0.3 is 15.6 Å². The maximum absolute atomic E-state index is 15.9. The number of halogens is 1. The molecule has 7 rings (SSSR count). The highest BCUT2D eigenvalue weighted by molar-refractivity contribution is 7.47. The van der Waals surface area contributed by atoms with Crippen LogP contribution in [0.2, 0.25) is 0 Å². The zero-order valence-corrected chi connectivity index (χ0v) is 24.4. The second kappa shape index (κ2) is 10.8. The normalized spacial score (nSPS) is 37.7. The Labute approximate surface area is 249 Å². The highest BCUT2D eigenvalue weighted by Gasteiger charge is 2.54. The molecule has 6 heterocycles. The standard InChI is InChI=1S/C21H25FN10O11P2/c22-10-15-9(41-20(10)32-6-28-12-18(32)29-21(24)30-19(12)34)3-40-45(37,38)42-14-7(2-39-44(35,36)43-15)1-8(13(14)33)31-5-27-11-16(23)25-4-26-17(11)31/h4-10,13-15,20,33H,1-3H2,(H,35,36)(H,37,38)(H2,23,25,26)(H3,24,29,30,34)/t7-,8-,9-,10-,13?,14+,15?,20-/m1/s1. The summed E-state index contributed by atoms with van der Waals surface area (Å²) in [6.45, 7) is -1.51. The topological polar surface area (TPSA) is 300 Å². The number of ether oxygens (including phenoxy) is 1. The molecule has 3 fully saturated rings. The van der Waals surface area contributed by atoms with E-state index in [1.807, 2.05) is 0 Å². The zero-order chi connectivity index (χ0) is 31.8. The number of H-pyrrole nitrogens is 1. The summed E-state index contributed by atoms with van der Waals surface area (Å²) >= 11 is 0. The van der Waals surface area contributed by atoms with Gasteiger partial charge in [0.2, 0.25) is 5.95 Å². The van der Waals surface area contributed by atoms with E-state index in [-0.39, 0.29) is 40.5 Å². The lowest BCUT2D eigenvalue weighted by molar-refractivity contribution is -0.0592. The van der Waals surface area contributed by atoms with Crippen molar-refractivity contribution in [2.75, 3.05) is 24.7 Å². The second-order valence-electron chi connectivity index (χ2n) is 10.6. The first kappa shape index (κ1) is 30.2. The minimum atomic E-state index is -5.06. The number of phosphoric acid groups is 2. The Balaban J connectivity index is 1.17. The molecule has 2 aliphatic heterocycles. The van der Waals surface area contributed by atoms with Crippen LogP contribution < -0.4 is 17.0 Å². The molecule has 0 radical (unpaired) electrons. The molecule has 8 N–H and O–H groups in total. The van der Waals surface area contributed by atoms with E-state index < -0.39 is 83.2 Å². The van der Waals surface area contributed by atoms with E-state index in [0.29, 0.717) is 0 Å². The molecule has 4 aromatic rings. The number of alkyl halides is 1. The number of anilines is 2. The van der Waals surface area contributed by atoms with Crippen molar-refractivity contribution in [1.29, 1.82) is 0 Å². The first-order chi connectivity index (χ1) is 21.3. The lowest BCUT2D eigenvalue weighted by atomic mass is 10.1. The molecule has 2 saturated heterocycles. The Morgan fingerprint density at radius 3 is 2.42 bits per heavy atom. The number of nitrogens with zero attached hydrogens (tertiary/aromatic N) is 7. The lowest BCUT2D eigenvalue weighted by Gasteiger charge is -2.28. The number of nitrogens with one attached hydrogen (secondary N) is 1. The SMILES string of the molecule is Nc1nc2c(ncn2[C@@H]2O[C@@H]3COP(=O)(O)O[C@@H]4C(O)[C@H](n5cnc6c(N)ncnc65)C[C@@H]4COP(=O)(O)OC3[C@H]2F)c(=O)[nH]1. The molecule has 0 bridgehead atoms. The fourth-order valence-corrected chi connectivity index (χ4v) is 7.82. The molecule has 24 heteroatoms. The third kappa shape index (κ3) is 5.31. The van der Waals surface area contributed by atoms with Gasteiger partial charge < -0.3 is 35.7 Å². The van der Waals surface area contributed by atoms with Crippen molar-refractivity contribution in [3.8, 4) is 0 Å². The molecule has 1 saturated carbocycles. The maximum atomic E-state index is 15.9. The summed E-state index contributed by atoms with van der Waals surface area (Å²) in [5.41, 5.74) is 10.9. The van der Waals surface area contributed by atoms with Crippen LogP contribution >= 0.6 is 15.6 Å². The van der Waals surface area contributed by atoms with E-state index in [9.17, 15) is 28.8 Å². The van der Waals surface area contributed by atoms with Crippen molar-refractivity contribution >= 4 is 49.7 Å². The van der Waals surface area contributed by atoms with Gasteiger partial charge in [-0.15, -0.1) is 0 Å². The molecule has 0 aromatic carbocycles. The number of aromatic amines is 1. The van der Waals surface area contributed by atoms with Crippen molar-refractivity contribution in [1.82, 2.24) is 39.0 Å². The Bertz CT molecular complexity index is 1940. The number of phosphoric ester groups is 2. The van der Waals surface area contributed by atoms with Gasteiger partial charge in [-0.1, -0.05) is 0 Å². The third-order valence-corrected chi connectivity index (χ3v) is 9.81. The summed E-state index contributed by atoms with van der Waals surface area (Å²) in [5, 5.41) is 11.2. The van der Waals surface area contributed by atoms with Gasteiger partial charge in [-0.3, -0.25) is 32.4 Å². The number of fused-ring (bicyclic) bond motifs is 4. The van der Waals surface area contributed by atoms with Gasteiger partial charge in [-0.25, -0.2) is 33.5 Å². The smallest absolute Gasteiger partial charge is 0.388 e. The van der Waals surface area contributed by atoms with Gasteiger partial charge in [0.1, 0.15) is 36.3 Å². The van der Waals surface area contributed by atoms with Crippen molar-refractivity contribution < 1.29 is 51.2 Å². The fourth-order valence-electron chi connectivity index (χ4n) is 5.82. The largest absolute Gasteiger partial charge is 0.472 e. The highest BCUT2D eigenvalue weighted by Crippen LogP contribution is 2.55. The number of imidazole rings is 2. The number of aromatic nitrogens is 8. The molecule has 0 amide bonds. The molecular weight excluding hydrogens is 649 g/mol. The van der Waals surface area contributed by atoms with E-state index in [1.54, 1.807) is 0 Å². The average Bonchev–Trinajstić information content (AvgIpc) is 3.72. The maximum Gasteiger partial charge on any atom is 0.472 e. The Morgan fingerprint density at radius 2 is 1.64 bits per heavy atom. The predicted molar refractivity (Wildman–Crippen MR) is 146 cm³/mol. The van der Waals surface area contributed by atoms with Crippen LogP contribution in [0, 0.1) is 5.92 Å². The molecule has 1 aliphatic carbocycles. The van der Waals surface area contributed by atoms with E-state index in [4.69, 9.17) is 34.3 Å². The van der Waals surface area contributed by atoms with Crippen LogP contribution in [0.15, 0.2) is 23.8 Å². The minimum Gasteiger partial charge on any atom is -0.388 e. The molecule has 3 aliphatic rings. The number of nitrogens with two attached hydrogens (primary N) is 2. The third-order valence-electron chi connectivity index (χ3n) is 7.84. The quantitative estimate of drug-likeness (QED) is 0.143. The average molecular weight is 674 g/mol. The van der Waals surface area contributed by atoms with Crippen LogP contribution in [-0.2, 0) is 32.0 Å². The second-order valence-corrected chi connectivity index (χ2v) is 13.4.